The topological polar surface area (TPSA) is 51.8 Å². The van der Waals surface area contributed by atoms with Gasteiger partial charge in [0.05, 0.1) is 0 Å². The SMILES string of the molecule is CC1(c2cc(-c3nc(C4=CC(C5=CC6C=CC=CC6C=C5)Cc5oc6ccccc6c54)nc(-c4ccccc4)n3)ccc2-c2cccc3ccccc23)C=CC=CC1. The molecule has 0 bridgehead atoms. The van der Waals surface area contributed by atoms with Gasteiger partial charge in [-0.1, -0.05) is 183 Å². The van der Waals surface area contributed by atoms with Gasteiger partial charge in [0.2, 0.25) is 0 Å². The lowest BCUT2D eigenvalue weighted by Crippen LogP contribution is -2.21. The first-order valence-electron chi connectivity index (χ1n) is 20.3. The van der Waals surface area contributed by atoms with Gasteiger partial charge in [0.25, 0.3) is 0 Å². The third-order valence-electron chi connectivity index (χ3n) is 12.4. The highest BCUT2D eigenvalue weighted by Gasteiger charge is 2.32. The molecule has 4 nitrogen and oxygen atoms in total. The predicted octanol–water partition coefficient (Wildman–Crippen LogP) is 13.0. The number of hydrogen-bond acceptors (Lipinski definition) is 4. The fourth-order valence-corrected chi connectivity index (χ4v) is 9.35. The third kappa shape index (κ3) is 5.95. The van der Waals surface area contributed by atoms with E-state index in [1.54, 1.807) is 0 Å². The van der Waals surface area contributed by atoms with Crippen molar-refractivity contribution in [2.45, 2.75) is 25.2 Å². The minimum atomic E-state index is -0.234. The number of rotatable bonds is 6. The van der Waals surface area contributed by atoms with Crippen LogP contribution in [0.3, 0.4) is 0 Å². The summed E-state index contributed by atoms with van der Waals surface area (Å²) in [7, 11) is 0. The largest absolute Gasteiger partial charge is 0.460 e. The summed E-state index contributed by atoms with van der Waals surface area (Å²) in [5, 5.41) is 3.54. The third-order valence-corrected chi connectivity index (χ3v) is 12.4. The molecule has 7 aromatic rings. The molecule has 4 aliphatic rings. The van der Waals surface area contributed by atoms with E-state index < -0.39 is 0 Å². The standard InChI is InChI=1S/C54H41N3O/c1-54(29-12-3-13-30-54)47-33-40(27-28-44(47)43-23-14-20-36-16-8-9-21-42(36)43)52-55-51(37-17-4-2-5-18-37)56-53(57-52)46-32-41(39-26-25-35-15-6-7-19-38(35)31-39)34-49-50(46)45-22-10-11-24-48(45)58-49/h2-29,31-33,35,38,41H,30,34H2,1H3. The number of nitrogens with zero attached hydrogens (tertiary/aromatic N) is 3. The molecular weight excluding hydrogens is 707 g/mol. The number of hydrogen-bond donors (Lipinski definition) is 0. The molecule has 2 heterocycles. The molecule has 2 aromatic heterocycles. The highest BCUT2D eigenvalue weighted by Crippen LogP contribution is 2.45. The molecule has 0 radical (unpaired) electrons. The zero-order valence-electron chi connectivity index (χ0n) is 32.3. The van der Waals surface area contributed by atoms with Crippen molar-refractivity contribution in [3.8, 4) is 33.9 Å². The van der Waals surface area contributed by atoms with Crippen molar-refractivity contribution in [1.29, 1.82) is 0 Å². The Labute approximate surface area is 338 Å². The summed E-state index contributed by atoms with van der Waals surface area (Å²) < 4.78 is 6.68. The summed E-state index contributed by atoms with van der Waals surface area (Å²) >= 11 is 0. The minimum absolute atomic E-state index is 0.0950. The maximum absolute atomic E-state index is 6.68. The molecule has 4 aliphatic carbocycles. The van der Waals surface area contributed by atoms with Crippen LogP contribution in [0, 0.1) is 17.8 Å². The molecule has 4 heteroatoms. The Morgan fingerprint density at radius 3 is 2.24 bits per heavy atom. The van der Waals surface area contributed by atoms with Gasteiger partial charge in [-0.25, -0.2) is 15.0 Å². The molecule has 0 spiro atoms. The molecule has 0 aliphatic heterocycles. The van der Waals surface area contributed by atoms with Crippen LogP contribution in [0.5, 0.6) is 0 Å². The Hall–Kier alpha value is -6.91. The zero-order chi connectivity index (χ0) is 38.6. The first-order chi connectivity index (χ1) is 28.6. The second-order valence-corrected chi connectivity index (χ2v) is 16.1. The lowest BCUT2D eigenvalue weighted by Gasteiger charge is -2.30. The monoisotopic (exact) mass is 747 g/mol. The van der Waals surface area contributed by atoms with E-state index in [1.807, 2.05) is 24.3 Å². The van der Waals surface area contributed by atoms with E-state index in [0.29, 0.717) is 29.3 Å². The van der Waals surface area contributed by atoms with Gasteiger partial charge >= 0.3 is 0 Å². The van der Waals surface area contributed by atoms with E-state index in [1.165, 1.54) is 33.0 Å². The van der Waals surface area contributed by atoms with Gasteiger partial charge in [0.1, 0.15) is 11.3 Å². The minimum Gasteiger partial charge on any atom is -0.460 e. The molecule has 0 saturated carbocycles. The fraction of sp³-hybridized carbons (Fsp3) is 0.130. The van der Waals surface area contributed by atoms with Gasteiger partial charge in [-0.2, -0.15) is 0 Å². The Kier molecular flexibility index (Phi) is 8.25. The molecule has 0 amide bonds. The number of allylic oxidation sites excluding steroid dienone is 13. The lowest BCUT2D eigenvalue weighted by atomic mass is 9.73. The number of benzene rings is 5. The van der Waals surface area contributed by atoms with Crippen LogP contribution < -0.4 is 0 Å². The van der Waals surface area contributed by atoms with Gasteiger partial charge in [-0.15, -0.1) is 0 Å². The van der Waals surface area contributed by atoms with Gasteiger partial charge in [0.15, 0.2) is 17.5 Å². The maximum Gasteiger partial charge on any atom is 0.164 e. The molecule has 4 atom stereocenters. The van der Waals surface area contributed by atoms with E-state index in [0.717, 1.165) is 51.8 Å². The summed E-state index contributed by atoms with van der Waals surface area (Å²) in [6.07, 6.45) is 28.9. The van der Waals surface area contributed by atoms with E-state index in [4.69, 9.17) is 19.4 Å². The molecular formula is C54H41N3O. The summed E-state index contributed by atoms with van der Waals surface area (Å²) in [5.41, 5.74) is 9.56. The van der Waals surface area contributed by atoms with E-state index in [9.17, 15) is 0 Å². The Balaban J connectivity index is 1.12. The van der Waals surface area contributed by atoms with Crippen LogP contribution in [-0.2, 0) is 11.8 Å². The van der Waals surface area contributed by atoms with Crippen molar-refractivity contribution in [3.05, 3.63) is 216 Å². The second kappa shape index (κ2) is 13.9. The first kappa shape index (κ1) is 34.3. The molecule has 5 aromatic carbocycles. The van der Waals surface area contributed by atoms with Crippen molar-refractivity contribution >= 4 is 27.3 Å². The summed E-state index contributed by atoms with van der Waals surface area (Å²) in [4.78, 5) is 16.0. The Morgan fingerprint density at radius 1 is 0.621 bits per heavy atom. The van der Waals surface area contributed by atoms with Gasteiger partial charge in [-0.05, 0) is 51.6 Å². The van der Waals surface area contributed by atoms with E-state index >= 15 is 0 Å². The fourth-order valence-electron chi connectivity index (χ4n) is 9.35. The normalized spacial score (nSPS) is 21.8. The van der Waals surface area contributed by atoms with Crippen molar-refractivity contribution in [2.75, 3.05) is 0 Å². The van der Waals surface area contributed by atoms with E-state index in [2.05, 4.69) is 171 Å². The number of para-hydroxylation sites is 1. The van der Waals surface area contributed by atoms with Crippen molar-refractivity contribution in [3.63, 3.8) is 0 Å². The maximum atomic E-state index is 6.68. The lowest BCUT2D eigenvalue weighted by molar-refractivity contribution is 0.517. The average Bonchev–Trinajstić information content (AvgIpc) is 3.67. The molecule has 0 fully saturated rings. The molecule has 58 heavy (non-hydrogen) atoms. The molecule has 278 valence electrons. The molecule has 4 unspecified atom stereocenters. The number of aromatic nitrogens is 3. The van der Waals surface area contributed by atoms with E-state index in [-0.39, 0.29) is 11.3 Å². The Bertz CT molecular complexity index is 2990. The van der Waals surface area contributed by atoms with Crippen LogP contribution in [0.25, 0.3) is 61.2 Å². The van der Waals surface area contributed by atoms with Crippen LogP contribution in [0.15, 0.2) is 198 Å². The predicted molar refractivity (Wildman–Crippen MR) is 237 cm³/mol. The second-order valence-electron chi connectivity index (χ2n) is 16.1. The van der Waals surface area contributed by atoms with Gasteiger partial charge < -0.3 is 4.42 Å². The summed E-state index contributed by atoms with van der Waals surface area (Å²) in [5.74, 6) is 3.72. The first-order valence-corrected chi connectivity index (χ1v) is 20.3. The summed E-state index contributed by atoms with van der Waals surface area (Å²) in [6, 6.07) is 40.7. The van der Waals surface area contributed by atoms with Crippen LogP contribution in [0.1, 0.15) is 36.1 Å². The highest BCUT2D eigenvalue weighted by molar-refractivity contribution is 5.99. The summed E-state index contributed by atoms with van der Waals surface area (Å²) in [6.45, 7) is 2.34. The van der Waals surface area contributed by atoms with Gasteiger partial charge in [0, 0.05) is 57.2 Å². The van der Waals surface area contributed by atoms with Crippen molar-refractivity contribution in [2.24, 2.45) is 17.8 Å². The molecule has 0 N–H and O–H groups in total. The number of furan rings is 1. The van der Waals surface area contributed by atoms with Crippen LogP contribution in [0.4, 0.5) is 0 Å². The van der Waals surface area contributed by atoms with Crippen LogP contribution in [0.2, 0.25) is 0 Å². The average molecular weight is 748 g/mol. The smallest absolute Gasteiger partial charge is 0.164 e. The van der Waals surface area contributed by atoms with Gasteiger partial charge in [-0.3, -0.25) is 0 Å². The molecule has 11 rings (SSSR count). The van der Waals surface area contributed by atoms with Crippen LogP contribution in [-0.4, -0.2) is 15.0 Å². The Morgan fingerprint density at radius 2 is 1.38 bits per heavy atom. The van der Waals surface area contributed by atoms with Crippen molar-refractivity contribution < 1.29 is 4.42 Å². The molecule has 0 saturated heterocycles. The van der Waals surface area contributed by atoms with Crippen molar-refractivity contribution in [1.82, 2.24) is 15.0 Å². The highest BCUT2D eigenvalue weighted by atomic mass is 16.3. The van der Waals surface area contributed by atoms with Crippen LogP contribution >= 0.6 is 0 Å². The quantitative estimate of drug-likeness (QED) is 0.170. The number of fused-ring (bicyclic) bond motifs is 5. The zero-order valence-corrected chi connectivity index (χ0v) is 32.3.